The van der Waals surface area contributed by atoms with Crippen LogP contribution in [0, 0.1) is 5.92 Å². The highest BCUT2D eigenvalue weighted by atomic mass is 35.5. The minimum absolute atomic E-state index is 0. The molecule has 2 fully saturated rings. The van der Waals surface area contributed by atoms with Crippen LogP contribution in [0.25, 0.3) is 0 Å². The maximum atomic E-state index is 12.7. The van der Waals surface area contributed by atoms with E-state index in [0.717, 1.165) is 44.9 Å². The standard InChI is InChI=1S/C18H27N3O3S.ClH/c1-25(23,24)17-4-2-3-16(13-17)18(22)21-11-9-20(10-12-21)14-15-5-7-19-8-6-15;/h2-4,13,15,19H,5-12,14H2,1H3;1H. The lowest BCUT2D eigenvalue weighted by atomic mass is 9.97. The Hall–Kier alpha value is -1.15. The number of sulfone groups is 1. The highest BCUT2D eigenvalue weighted by molar-refractivity contribution is 7.90. The second-order valence-corrected chi connectivity index (χ2v) is 9.10. The molecule has 1 aromatic carbocycles. The molecule has 2 aliphatic heterocycles. The molecule has 0 bridgehead atoms. The maximum absolute atomic E-state index is 12.7. The maximum Gasteiger partial charge on any atom is 0.253 e. The van der Waals surface area contributed by atoms with Crippen LogP contribution >= 0.6 is 12.4 Å². The monoisotopic (exact) mass is 401 g/mol. The van der Waals surface area contributed by atoms with Crippen LogP contribution in [0.3, 0.4) is 0 Å². The van der Waals surface area contributed by atoms with E-state index >= 15 is 0 Å². The van der Waals surface area contributed by atoms with Gasteiger partial charge in [0.25, 0.3) is 5.91 Å². The SMILES string of the molecule is CS(=O)(=O)c1cccc(C(=O)N2CCN(CC3CCNCC3)CC2)c1.Cl. The Morgan fingerprint density at radius 1 is 1.15 bits per heavy atom. The van der Waals surface area contributed by atoms with Gasteiger partial charge in [-0.25, -0.2) is 8.42 Å². The van der Waals surface area contributed by atoms with Gasteiger partial charge >= 0.3 is 0 Å². The Morgan fingerprint density at radius 2 is 1.81 bits per heavy atom. The summed E-state index contributed by atoms with van der Waals surface area (Å²) in [4.78, 5) is 17.2. The summed E-state index contributed by atoms with van der Waals surface area (Å²) in [7, 11) is -3.30. The first kappa shape index (κ1) is 21.2. The molecule has 8 heteroatoms. The van der Waals surface area contributed by atoms with E-state index in [1.807, 2.05) is 4.90 Å². The zero-order valence-electron chi connectivity index (χ0n) is 15.2. The number of amides is 1. The number of carbonyl (C=O) groups is 1. The van der Waals surface area contributed by atoms with Gasteiger partial charge in [0.2, 0.25) is 0 Å². The van der Waals surface area contributed by atoms with E-state index in [1.165, 1.54) is 25.0 Å². The van der Waals surface area contributed by atoms with Crippen molar-refractivity contribution in [2.75, 3.05) is 52.1 Å². The minimum atomic E-state index is -3.30. The summed E-state index contributed by atoms with van der Waals surface area (Å²) < 4.78 is 23.4. The van der Waals surface area contributed by atoms with Gasteiger partial charge in [0.1, 0.15) is 0 Å². The zero-order valence-corrected chi connectivity index (χ0v) is 16.8. The van der Waals surface area contributed by atoms with Crippen LogP contribution in [0.2, 0.25) is 0 Å². The van der Waals surface area contributed by atoms with E-state index in [4.69, 9.17) is 0 Å². The predicted molar refractivity (Wildman–Crippen MR) is 105 cm³/mol. The Labute approximate surface area is 162 Å². The van der Waals surface area contributed by atoms with Crippen LogP contribution in [0.15, 0.2) is 29.2 Å². The van der Waals surface area contributed by atoms with Gasteiger partial charge in [0, 0.05) is 44.5 Å². The van der Waals surface area contributed by atoms with Crippen molar-refractivity contribution < 1.29 is 13.2 Å². The third kappa shape index (κ3) is 5.42. The van der Waals surface area contributed by atoms with Gasteiger partial charge in [-0.05, 0) is 50.0 Å². The quantitative estimate of drug-likeness (QED) is 0.822. The first-order chi connectivity index (χ1) is 11.9. The fourth-order valence-corrected chi connectivity index (χ4v) is 4.27. The molecule has 0 unspecified atom stereocenters. The summed E-state index contributed by atoms with van der Waals surface area (Å²) >= 11 is 0. The number of hydrogen-bond donors (Lipinski definition) is 1. The van der Waals surface area contributed by atoms with E-state index in [9.17, 15) is 13.2 Å². The lowest BCUT2D eigenvalue weighted by Gasteiger charge is -2.37. The van der Waals surface area contributed by atoms with E-state index in [1.54, 1.807) is 12.1 Å². The largest absolute Gasteiger partial charge is 0.336 e. The number of piperazine rings is 1. The molecule has 0 radical (unpaired) electrons. The summed E-state index contributed by atoms with van der Waals surface area (Å²) in [6.45, 7) is 6.52. The third-order valence-electron chi connectivity index (χ3n) is 5.14. The van der Waals surface area contributed by atoms with E-state index in [0.29, 0.717) is 18.7 Å². The number of rotatable bonds is 4. The van der Waals surface area contributed by atoms with Crippen molar-refractivity contribution in [1.29, 1.82) is 0 Å². The van der Waals surface area contributed by atoms with Gasteiger partial charge in [-0.3, -0.25) is 9.69 Å². The molecule has 1 N–H and O–H groups in total. The molecule has 0 atom stereocenters. The first-order valence-corrected chi connectivity index (χ1v) is 10.8. The van der Waals surface area contributed by atoms with Crippen LogP contribution in [-0.2, 0) is 9.84 Å². The molecule has 146 valence electrons. The van der Waals surface area contributed by atoms with Crippen molar-refractivity contribution in [3.8, 4) is 0 Å². The zero-order chi connectivity index (χ0) is 17.9. The fraction of sp³-hybridized carbons (Fsp3) is 0.611. The molecule has 26 heavy (non-hydrogen) atoms. The Bertz CT molecular complexity index is 712. The molecule has 2 saturated heterocycles. The van der Waals surface area contributed by atoms with Crippen LogP contribution in [0.1, 0.15) is 23.2 Å². The summed E-state index contributed by atoms with van der Waals surface area (Å²) in [5.74, 6) is 0.682. The molecular formula is C18H28ClN3O3S. The van der Waals surface area contributed by atoms with Crippen molar-refractivity contribution in [1.82, 2.24) is 15.1 Å². The van der Waals surface area contributed by atoms with Crippen molar-refractivity contribution >= 4 is 28.2 Å². The highest BCUT2D eigenvalue weighted by Gasteiger charge is 2.25. The molecule has 1 aromatic rings. The van der Waals surface area contributed by atoms with Crippen molar-refractivity contribution in [3.05, 3.63) is 29.8 Å². The molecule has 0 aliphatic carbocycles. The molecule has 1 amide bonds. The van der Waals surface area contributed by atoms with Gasteiger partial charge in [-0.15, -0.1) is 12.4 Å². The Kier molecular flexibility index (Phi) is 7.46. The topological polar surface area (TPSA) is 69.7 Å². The number of nitrogens with one attached hydrogen (secondary N) is 1. The van der Waals surface area contributed by atoms with E-state index < -0.39 is 9.84 Å². The summed E-state index contributed by atoms with van der Waals surface area (Å²) in [6.07, 6.45) is 3.63. The second-order valence-electron chi connectivity index (χ2n) is 7.09. The number of hydrogen-bond acceptors (Lipinski definition) is 5. The predicted octanol–water partition coefficient (Wildman–Crippen LogP) is 1.27. The number of piperidine rings is 1. The van der Waals surface area contributed by atoms with Gasteiger partial charge in [0.15, 0.2) is 9.84 Å². The summed E-state index contributed by atoms with van der Waals surface area (Å²) in [6, 6.07) is 6.34. The Balaban J connectivity index is 0.00000243. The molecular weight excluding hydrogens is 374 g/mol. The minimum Gasteiger partial charge on any atom is -0.336 e. The van der Waals surface area contributed by atoms with Crippen LogP contribution in [0.5, 0.6) is 0 Å². The van der Waals surface area contributed by atoms with Gasteiger partial charge < -0.3 is 10.2 Å². The second kappa shape index (κ2) is 9.17. The normalized spacial score (nSPS) is 19.8. The smallest absolute Gasteiger partial charge is 0.253 e. The van der Waals surface area contributed by atoms with Gasteiger partial charge in [-0.1, -0.05) is 6.07 Å². The molecule has 2 heterocycles. The lowest BCUT2D eigenvalue weighted by molar-refractivity contribution is 0.0608. The van der Waals surface area contributed by atoms with Crippen LogP contribution in [-0.4, -0.2) is 76.2 Å². The molecule has 2 aliphatic rings. The van der Waals surface area contributed by atoms with Crippen molar-refractivity contribution in [2.45, 2.75) is 17.7 Å². The molecule has 0 spiro atoms. The molecule has 0 saturated carbocycles. The average Bonchev–Trinajstić information content (AvgIpc) is 2.62. The van der Waals surface area contributed by atoms with Gasteiger partial charge in [-0.2, -0.15) is 0 Å². The third-order valence-corrected chi connectivity index (χ3v) is 6.25. The fourth-order valence-electron chi connectivity index (χ4n) is 3.61. The molecule has 3 rings (SSSR count). The van der Waals surface area contributed by atoms with Crippen molar-refractivity contribution in [2.24, 2.45) is 5.92 Å². The number of benzene rings is 1. The van der Waals surface area contributed by atoms with Crippen LogP contribution < -0.4 is 5.32 Å². The lowest BCUT2D eigenvalue weighted by Crippen LogP contribution is -2.50. The average molecular weight is 402 g/mol. The summed E-state index contributed by atoms with van der Waals surface area (Å²) in [5, 5.41) is 3.39. The molecule has 6 nitrogen and oxygen atoms in total. The van der Waals surface area contributed by atoms with Gasteiger partial charge in [0.05, 0.1) is 4.90 Å². The van der Waals surface area contributed by atoms with E-state index in [2.05, 4.69) is 10.2 Å². The van der Waals surface area contributed by atoms with Crippen molar-refractivity contribution in [3.63, 3.8) is 0 Å². The van der Waals surface area contributed by atoms with Crippen LogP contribution in [0.4, 0.5) is 0 Å². The number of nitrogens with zero attached hydrogens (tertiary/aromatic N) is 2. The molecule has 0 aromatic heterocycles. The van der Waals surface area contributed by atoms with E-state index in [-0.39, 0.29) is 23.2 Å². The number of halogens is 1. The Morgan fingerprint density at radius 3 is 2.42 bits per heavy atom. The summed E-state index contributed by atoms with van der Waals surface area (Å²) in [5.41, 5.74) is 0.453. The first-order valence-electron chi connectivity index (χ1n) is 8.96. The number of carbonyl (C=O) groups excluding carboxylic acids is 1. The highest BCUT2D eigenvalue weighted by Crippen LogP contribution is 2.17.